The molecule has 1 aliphatic carbocycles. The summed E-state index contributed by atoms with van der Waals surface area (Å²) in [7, 11) is 0. The number of aliphatic hydroxyl groups excluding tert-OH is 1. The molecule has 1 rings (SSSR count). The lowest BCUT2D eigenvalue weighted by Gasteiger charge is -2.28. The van der Waals surface area contributed by atoms with E-state index >= 15 is 0 Å². The van der Waals surface area contributed by atoms with E-state index in [0.717, 1.165) is 16.7 Å². The van der Waals surface area contributed by atoms with E-state index in [1.807, 2.05) is 58.1 Å². The summed E-state index contributed by atoms with van der Waals surface area (Å²) in [6, 6.07) is 0. The topological polar surface area (TPSA) is 37.3 Å². The molecule has 0 saturated carbocycles. The average molecular weight is 284 g/mol. The van der Waals surface area contributed by atoms with Gasteiger partial charge in [0.2, 0.25) is 5.78 Å². The van der Waals surface area contributed by atoms with Crippen molar-refractivity contribution in [1.29, 1.82) is 0 Å². The molecule has 0 bridgehead atoms. The number of allylic oxidation sites excluding steroid dienone is 10. The van der Waals surface area contributed by atoms with Crippen molar-refractivity contribution in [1.82, 2.24) is 0 Å². The van der Waals surface area contributed by atoms with Crippen LogP contribution in [0.2, 0.25) is 0 Å². The van der Waals surface area contributed by atoms with Gasteiger partial charge in [-0.05, 0) is 32.4 Å². The highest BCUT2D eigenvalue weighted by Crippen LogP contribution is 2.37. The summed E-state index contributed by atoms with van der Waals surface area (Å²) in [5.41, 5.74) is 3.26. The molecule has 21 heavy (non-hydrogen) atoms. The number of carbonyl (C=O) groups is 1. The van der Waals surface area contributed by atoms with E-state index in [-0.39, 0.29) is 17.0 Å². The summed E-state index contributed by atoms with van der Waals surface area (Å²) in [6.07, 6.45) is 11.4. The second-order valence-electron chi connectivity index (χ2n) is 6.07. The molecule has 0 aliphatic heterocycles. The van der Waals surface area contributed by atoms with Gasteiger partial charge in [-0.25, -0.2) is 0 Å². The van der Waals surface area contributed by atoms with Gasteiger partial charge < -0.3 is 5.11 Å². The average Bonchev–Trinajstić information content (AvgIpc) is 2.34. The molecule has 0 atom stereocenters. The van der Waals surface area contributed by atoms with Crippen molar-refractivity contribution < 1.29 is 9.90 Å². The molecule has 0 aromatic heterocycles. The van der Waals surface area contributed by atoms with E-state index < -0.39 is 0 Å². The lowest BCUT2D eigenvalue weighted by molar-refractivity contribution is -0.114. The zero-order valence-electron chi connectivity index (χ0n) is 13.5. The fraction of sp³-hybridized carbons (Fsp3) is 0.316. The van der Waals surface area contributed by atoms with E-state index in [1.54, 1.807) is 13.0 Å². The maximum atomic E-state index is 11.9. The molecule has 0 spiro atoms. The van der Waals surface area contributed by atoms with E-state index in [1.165, 1.54) is 0 Å². The Hall–Kier alpha value is -2.09. The van der Waals surface area contributed by atoms with Gasteiger partial charge in [0.15, 0.2) is 5.76 Å². The van der Waals surface area contributed by atoms with Crippen LogP contribution in [0, 0.1) is 5.41 Å². The predicted octanol–water partition coefficient (Wildman–Crippen LogP) is 4.99. The van der Waals surface area contributed by atoms with Gasteiger partial charge in [-0.15, -0.1) is 0 Å². The van der Waals surface area contributed by atoms with Crippen molar-refractivity contribution >= 4 is 5.78 Å². The van der Waals surface area contributed by atoms with Gasteiger partial charge in [0.05, 0.1) is 0 Å². The standard InChI is InChI=1S/C19H24O2/c1-13(2)8-7-9-14(3)10-11-16-15(4)18(21)17(20)12-19(16,5)6/h7-12,20H,1H2,2-6H3/b8-7+,11-10+,14-9+. The Morgan fingerprint density at radius 2 is 1.90 bits per heavy atom. The van der Waals surface area contributed by atoms with Crippen LogP contribution in [0.5, 0.6) is 0 Å². The Bertz CT molecular complexity index is 605. The third-order valence-electron chi connectivity index (χ3n) is 3.42. The molecule has 2 heteroatoms. The Kier molecular flexibility index (Phi) is 5.31. The Morgan fingerprint density at radius 1 is 1.29 bits per heavy atom. The van der Waals surface area contributed by atoms with Gasteiger partial charge >= 0.3 is 0 Å². The summed E-state index contributed by atoms with van der Waals surface area (Å²) >= 11 is 0. The van der Waals surface area contributed by atoms with Crippen LogP contribution >= 0.6 is 0 Å². The second kappa shape index (κ2) is 6.57. The van der Waals surface area contributed by atoms with Crippen LogP contribution < -0.4 is 0 Å². The third kappa shape index (κ3) is 4.45. The summed E-state index contributed by atoms with van der Waals surface area (Å²) in [4.78, 5) is 11.9. The van der Waals surface area contributed by atoms with E-state index in [0.29, 0.717) is 5.57 Å². The van der Waals surface area contributed by atoms with Gasteiger partial charge in [-0.2, -0.15) is 0 Å². The molecular weight excluding hydrogens is 260 g/mol. The fourth-order valence-corrected chi connectivity index (χ4v) is 2.26. The van der Waals surface area contributed by atoms with Gasteiger partial charge in [0, 0.05) is 11.0 Å². The number of ketones is 1. The fourth-order valence-electron chi connectivity index (χ4n) is 2.26. The summed E-state index contributed by atoms with van der Waals surface area (Å²) in [5, 5.41) is 9.67. The van der Waals surface area contributed by atoms with Crippen molar-refractivity contribution in [2.24, 2.45) is 5.41 Å². The monoisotopic (exact) mass is 284 g/mol. The molecule has 0 aromatic rings. The number of Topliss-reactive ketones (excluding diaryl/α,β-unsaturated/α-hetero) is 1. The molecule has 0 fully saturated rings. The van der Waals surface area contributed by atoms with Crippen LogP contribution in [0.15, 0.2) is 71.1 Å². The Morgan fingerprint density at radius 3 is 2.48 bits per heavy atom. The number of hydrogen-bond acceptors (Lipinski definition) is 2. The molecule has 1 aliphatic rings. The minimum absolute atomic E-state index is 0.161. The molecule has 0 amide bonds. The van der Waals surface area contributed by atoms with Gasteiger partial charge in [0.1, 0.15) is 0 Å². The van der Waals surface area contributed by atoms with Crippen molar-refractivity contribution in [2.75, 3.05) is 0 Å². The number of rotatable bonds is 4. The van der Waals surface area contributed by atoms with E-state index in [2.05, 4.69) is 6.58 Å². The van der Waals surface area contributed by atoms with Crippen LogP contribution in [0.1, 0.15) is 34.6 Å². The summed E-state index contributed by atoms with van der Waals surface area (Å²) in [6.45, 7) is 13.5. The summed E-state index contributed by atoms with van der Waals surface area (Å²) in [5.74, 6) is -0.455. The van der Waals surface area contributed by atoms with Crippen LogP contribution in [0.25, 0.3) is 0 Å². The number of hydrogen-bond donors (Lipinski definition) is 1. The summed E-state index contributed by atoms with van der Waals surface area (Å²) < 4.78 is 0. The van der Waals surface area contributed by atoms with Gasteiger partial charge in [0.25, 0.3) is 0 Å². The maximum absolute atomic E-state index is 11.9. The first-order valence-corrected chi connectivity index (χ1v) is 7.01. The van der Waals surface area contributed by atoms with Crippen molar-refractivity contribution in [3.05, 3.63) is 71.1 Å². The minimum Gasteiger partial charge on any atom is -0.504 e. The minimum atomic E-state index is -0.355. The molecule has 112 valence electrons. The zero-order chi connectivity index (χ0) is 16.2. The smallest absolute Gasteiger partial charge is 0.222 e. The highest BCUT2D eigenvalue weighted by Gasteiger charge is 2.30. The first-order valence-electron chi connectivity index (χ1n) is 7.01. The van der Waals surface area contributed by atoms with E-state index in [4.69, 9.17) is 0 Å². The lowest BCUT2D eigenvalue weighted by Crippen LogP contribution is -2.23. The molecule has 0 saturated heterocycles. The third-order valence-corrected chi connectivity index (χ3v) is 3.42. The largest absolute Gasteiger partial charge is 0.504 e. The normalized spacial score (nSPS) is 19.6. The van der Waals surface area contributed by atoms with E-state index in [9.17, 15) is 9.90 Å². The van der Waals surface area contributed by atoms with Crippen molar-refractivity contribution in [3.8, 4) is 0 Å². The molecule has 1 N–H and O–H groups in total. The van der Waals surface area contributed by atoms with Crippen LogP contribution in [-0.2, 0) is 4.79 Å². The number of aliphatic hydroxyl groups is 1. The molecule has 0 unspecified atom stereocenters. The SMILES string of the molecule is C=C(C)/C=C/C=C(C)/C=C/C1=C(C)C(=O)C(O)=CC1(C)C. The van der Waals surface area contributed by atoms with Gasteiger partial charge in [-0.1, -0.05) is 62.0 Å². The zero-order valence-corrected chi connectivity index (χ0v) is 13.5. The first kappa shape index (κ1) is 17.0. The molecule has 0 heterocycles. The van der Waals surface area contributed by atoms with Crippen LogP contribution in [0.3, 0.4) is 0 Å². The second-order valence-corrected chi connectivity index (χ2v) is 6.07. The predicted molar refractivity (Wildman–Crippen MR) is 89.1 cm³/mol. The number of carbonyl (C=O) groups excluding carboxylic acids is 1. The molecule has 0 aromatic carbocycles. The Balaban J connectivity index is 3.03. The van der Waals surface area contributed by atoms with Crippen LogP contribution in [0.4, 0.5) is 0 Å². The van der Waals surface area contributed by atoms with Crippen LogP contribution in [-0.4, -0.2) is 10.9 Å². The quantitative estimate of drug-likeness (QED) is 0.738. The lowest BCUT2D eigenvalue weighted by atomic mass is 9.76. The Labute approximate surface area is 127 Å². The molecule has 2 nitrogen and oxygen atoms in total. The van der Waals surface area contributed by atoms with Crippen molar-refractivity contribution in [2.45, 2.75) is 34.6 Å². The van der Waals surface area contributed by atoms with Gasteiger partial charge in [-0.3, -0.25) is 4.79 Å². The highest BCUT2D eigenvalue weighted by atomic mass is 16.3. The highest BCUT2D eigenvalue weighted by molar-refractivity contribution is 6.08. The maximum Gasteiger partial charge on any atom is 0.222 e. The molecule has 0 radical (unpaired) electrons. The van der Waals surface area contributed by atoms with Crippen molar-refractivity contribution in [3.63, 3.8) is 0 Å². The molecular formula is C19H24O2. The first-order chi connectivity index (χ1) is 9.65.